The predicted molar refractivity (Wildman–Crippen MR) is 177 cm³/mol. The molecular weight excluding hydrogens is 600 g/mol. The number of alkyl carbamates (subject to hydrolysis) is 1. The minimum Gasteiger partial charge on any atom is -0.444 e. The summed E-state index contributed by atoms with van der Waals surface area (Å²) in [6, 6.07) is 27.3. The summed E-state index contributed by atoms with van der Waals surface area (Å²) in [4.78, 5) is 25.9. The lowest BCUT2D eigenvalue weighted by Gasteiger charge is -2.46. The molecular formula is C37H48N2O8. The second-order valence-corrected chi connectivity index (χ2v) is 13.0. The number of hydrogen-bond acceptors (Lipinski definition) is 9. The molecule has 0 unspecified atom stereocenters. The minimum atomic E-state index is -1.40. The van der Waals surface area contributed by atoms with E-state index in [1.165, 1.54) is 0 Å². The van der Waals surface area contributed by atoms with Crippen LogP contribution in [0.15, 0.2) is 91.0 Å². The van der Waals surface area contributed by atoms with Gasteiger partial charge in [0.1, 0.15) is 23.9 Å². The van der Waals surface area contributed by atoms with Crippen molar-refractivity contribution in [3.8, 4) is 0 Å². The molecule has 10 heteroatoms. The number of nitrogens with one attached hydrogen (secondary N) is 2. The molecule has 1 aliphatic heterocycles. The highest BCUT2D eigenvalue weighted by Crippen LogP contribution is 2.28. The summed E-state index contributed by atoms with van der Waals surface area (Å²) in [6.45, 7) is 9.77. The van der Waals surface area contributed by atoms with E-state index < -0.39 is 54.3 Å². The molecule has 0 aromatic heterocycles. The Kier molecular flexibility index (Phi) is 13.5. The summed E-state index contributed by atoms with van der Waals surface area (Å²) in [5.74, 6) is -0.881. The van der Waals surface area contributed by atoms with Crippen molar-refractivity contribution in [2.24, 2.45) is 5.92 Å². The van der Waals surface area contributed by atoms with Gasteiger partial charge in [0, 0.05) is 0 Å². The summed E-state index contributed by atoms with van der Waals surface area (Å²) in [5.41, 5.74) is 2.09. The van der Waals surface area contributed by atoms with Crippen molar-refractivity contribution in [3.63, 3.8) is 0 Å². The molecule has 6 atom stereocenters. The molecule has 3 N–H and O–H groups in total. The molecule has 1 fully saturated rings. The van der Waals surface area contributed by atoms with E-state index in [-0.39, 0.29) is 25.7 Å². The molecule has 254 valence electrons. The molecule has 1 aliphatic rings. The first-order chi connectivity index (χ1) is 22.5. The normalized spacial score (nSPS) is 22.1. The van der Waals surface area contributed by atoms with Crippen molar-refractivity contribution in [1.29, 1.82) is 0 Å². The predicted octanol–water partition coefficient (Wildman–Crippen LogP) is 5.13. The Hall–Kier alpha value is -3.64. The fraction of sp³-hybridized carbons (Fsp3) is 0.459. The zero-order chi connectivity index (χ0) is 33.8. The first kappa shape index (κ1) is 36.2. The molecule has 47 heavy (non-hydrogen) atoms. The van der Waals surface area contributed by atoms with Crippen LogP contribution in [0.25, 0.3) is 0 Å². The molecule has 1 saturated heterocycles. The summed E-state index contributed by atoms with van der Waals surface area (Å²) < 4.78 is 30.6. The van der Waals surface area contributed by atoms with Gasteiger partial charge < -0.3 is 28.8 Å². The molecule has 0 saturated carbocycles. The average molecular weight is 649 g/mol. The molecule has 0 spiro atoms. The number of amides is 2. The monoisotopic (exact) mass is 648 g/mol. The Morgan fingerprint density at radius 3 is 1.77 bits per heavy atom. The Bertz CT molecular complexity index is 1370. The minimum absolute atomic E-state index is 0.121. The van der Waals surface area contributed by atoms with Crippen LogP contribution in [0.5, 0.6) is 0 Å². The van der Waals surface area contributed by atoms with Crippen molar-refractivity contribution >= 4 is 12.0 Å². The maximum atomic E-state index is 13.4. The number of hydrogen-bond donors (Lipinski definition) is 3. The average Bonchev–Trinajstić information content (AvgIpc) is 3.03. The van der Waals surface area contributed by atoms with E-state index in [0.29, 0.717) is 6.61 Å². The summed E-state index contributed by atoms with van der Waals surface area (Å²) in [5, 5.41) is 17.1. The third kappa shape index (κ3) is 11.5. The highest BCUT2D eigenvalue weighted by Gasteiger charge is 2.48. The van der Waals surface area contributed by atoms with Crippen LogP contribution in [-0.4, -0.2) is 66.0 Å². The van der Waals surface area contributed by atoms with E-state index in [1.807, 2.05) is 105 Å². The maximum Gasteiger partial charge on any atom is 0.414 e. The van der Waals surface area contributed by atoms with Crippen molar-refractivity contribution < 1.29 is 38.4 Å². The number of ether oxygens (including phenoxy) is 5. The summed E-state index contributed by atoms with van der Waals surface area (Å²) in [7, 11) is 0. The van der Waals surface area contributed by atoms with E-state index in [2.05, 4.69) is 10.6 Å². The van der Waals surface area contributed by atoms with Gasteiger partial charge in [0.15, 0.2) is 6.29 Å². The quantitative estimate of drug-likeness (QED) is 0.218. The van der Waals surface area contributed by atoms with E-state index >= 15 is 0 Å². The molecule has 10 nitrogen and oxygen atoms in total. The van der Waals surface area contributed by atoms with Gasteiger partial charge in [0.05, 0.1) is 38.5 Å². The zero-order valence-electron chi connectivity index (χ0n) is 27.8. The number of imide groups is 1. The second kappa shape index (κ2) is 17.5. The van der Waals surface area contributed by atoms with Gasteiger partial charge in [-0.1, -0.05) is 105 Å². The lowest BCUT2D eigenvalue weighted by Crippen LogP contribution is -2.68. The standard InChI is InChI=1S/C37H48N2O8/c1-25(2)30(34(40)39-36(42)47-37(3,4)5)38-31-33(45-23-28-19-13-8-14-20-28)32(44-22-27-17-11-7-12-18-27)29(46-35(31)41)24-43-21-26-15-9-6-10-16-26/h6-20,25,29-33,35,38,41H,21-24H2,1-5H3,(H,39,40,42)/t29-,30+,31-,32-,33-,35+/m1/s1. The highest BCUT2D eigenvalue weighted by molar-refractivity contribution is 5.95. The Morgan fingerprint density at radius 1 is 0.787 bits per heavy atom. The lowest BCUT2D eigenvalue weighted by molar-refractivity contribution is -0.279. The van der Waals surface area contributed by atoms with Gasteiger partial charge in [-0.25, -0.2) is 4.79 Å². The molecule has 4 rings (SSSR count). The van der Waals surface area contributed by atoms with Gasteiger partial charge >= 0.3 is 6.09 Å². The van der Waals surface area contributed by atoms with Crippen molar-refractivity contribution in [2.75, 3.05) is 6.61 Å². The van der Waals surface area contributed by atoms with Gasteiger partial charge in [-0.3, -0.25) is 15.4 Å². The van der Waals surface area contributed by atoms with Crippen LogP contribution >= 0.6 is 0 Å². The number of benzene rings is 3. The van der Waals surface area contributed by atoms with Gasteiger partial charge in [-0.15, -0.1) is 0 Å². The van der Waals surface area contributed by atoms with Crippen molar-refractivity contribution in [2.45, 2.75) is 96.7 Å². The topological polar surface area (TPSA) is 125 Å². The van der Waals surface area contributed by atoms with E-state index in [9.17, 15) is 14.7 Å². The van der Waals surface area contributed by atoms with E-state index in [0.717, 1.165) is 16.7 Å². The molecule has 0 bridgehead atoms. The fourth-order valence-corrected chi connectivity index (χ4v) is 5.29. The van der Waals surface area contributed by atoms with Crippen LogP contribution in [0.2, 0.25) is 0 Å². The molecule has 0 radical (unpaired) electrons. The van der Waals surface area contributed by atoms with Crippen LogP contribution in [0.4, 0.5) is 4.79 Å². The van der Waals surface area contributed by atoms with Crippen LogP contribution in [0, 0.1) is 5.92 Å². The number of carbonyl (C=O) groups is 2. The van der Waals surface area contributed by atoms with Crippen LogP contribution in [0.3, 0.4) is 0 Å². The fourth-order valence-electron chi connectivity index (χ4n) is 5.29. The van der Waals surface area contributed by atoms with Crippen molar-refractivity contribution in [3.05, 3.63) is 108 Å². The number of rotatable bonds is 14. The second-order valence-electron chi connectivity index (χ2n) is 13.0. The first-order valence-electron chi connectivity index (χ1n) is 16.1. The first-order valence-corrected chi connectivity index (χ1v) is 16.1. The molecule has 3 aromatic carbocycles. The van der Waals surface area contributed by atoms with E-state index in [1.54, 1.807) is 20.8 Å². The Balaban J connectivity index is 1.60. The Labute approximate surface area is 277 Å². The number of carbonyl (C=O) groups excluding carboxylic acids is 2. The number of aliphatic hydroxyl groups is 1. The summed E-state index contributed by atoms with van der Waals surface area (Å²) in [6.07, 6.45) is -4.45. The maximum absolute atomic E-state index is 13.4. The van der Waals surface area contributed by atoms with E-state index in [4.69, 9.17) is 23.7 Å². The smallest absolute Gasteiger partial charge is 0.414 e. The van der Waals surface area contributed by atoms with Crippen LogP contribution < -0.4 is 10.6 Å². The lowest BCUT2D eigenvalue weighted by atomic mass is 9.93. The summed E-state index contributed by atoms with van der Waals surface area (Å²) >= 11 is 0. The molecule has 2 amide bonds. The van der Waals surface area contributed by atoms with Gasteiger partial charge in [-0.2, -0.15) is 0 Å². The van der Waals surface area contributed by atoms with Gasteiger partial charge in [0.2, 0.25) is 5.91 Å². The van der Waals surface area contributed by atoms with Crippen molar-refractivity contribution in [1.82, 2.24) is 10.6 Å². The SMILES string of the molecule is CC(C)[C@H](N[C@@H]1[C@@H](OCc2ccccc2)[C@H](OCc2ccccc2)[C@@H](COCc2ccccc2)O[C@@H]1O)C(=O)NC(=O)OC(C)(C)C. The highest BCUT2D eigenvalue weighted by atomic mass is 16.7. The third-order valence-electron chi connectivity index (χ3n) is 7.58. The largest absolute Gasteiger partial charge is 0.444 e. The van der Waals surface area contributed by atoms with Crippen LogP contribution in [-0.2, 0) is 48.3 Å². The molecule has 1 heterocycles. The molecule has 3 aromatic rings. The zero-order valence-corrected chi connectivity index (χ0v) is 27.8. The van der Waals surface area contributed by atoms with Gasteiger partial charge in [-0.05, 0) is 43.4 Å². The Morgan fingerprint density at radius 2 is 1.28 bits per heavy atom. The van der Waals surface area contributed by atoms with Crippen LogP contribution in [0.1, 0.15) is 51.3 Å². The number of aliphatic hydroxyl groups excluding tert-OH is 1. The molecule has 0 aliphatic carbocycles. The van der Waals surface area contributed by atoms with Gasteiger partial charge in [0.25, 0.3) is 0 Å². The third-order valence-corrected chi connectivity index (χ3v) is 7.58.